The van der Waals surface area contributed by atoms with Gasteiger partial charge in [-0.2, -0.15) is 0 Å². The minimum absolute atomic E-state index is 0.0635. The third-order valence-corrected chi connectivity index (χ3v) is 4.04. The topological polar surface area (TPSA) is 32.3 Å². The highest BCUT2D eigenvalue weighted by molar-refractivity contribution is 5.47. The van der Waals surface area contributed by atoms with E-state index in [1.165, 1.54) is 12.5 Å². The van der Waals surface area contributed by atoms with E-state index in [1.807, 2.05) is 6.07 Å². The van der Waals surface area contributed by atoms with Crippen molar-refractivity contribution in [2.75, 3.05) is 11.9 Å². The van der Waals surface area contributed by atoms with E-state index in [2.05, 4.69) is 12.2 Å². The molecule has 2 nitrogen and oxygen atoms in total. The minimum Gasteiger partial charge on any atom is -0.394 e. The molecule has 0 spiro atoms. The molecular weight excluding hydrogens is 229 g/mol. The predicted molar refractivity (Wildman–Crippen MR) is 72.1 cm³/mol. The summed E-state index contributed by atoms with van der Waals surface area (Å²) in [6, 6.07) is 6.69. The monoisotopic (exact) mass is 251 g/mol. The van der Waals surface area contributed by atoms with Gasteiger partial charge in [0.25, 0.3) is 0 Å². The van der Waals surface area contributed by atoms with E-state index in [9.17, 15) is 9.50 Å². The van der Waals surface area contributed by atoms with E-state index < -0.39 is 0 Å². The van der Waals surface area contributed by atoms with Crippen LogP contribution in [-0.4, -0.2) is 17.3 Å². The van der Waals surface area contributed by atoms with Crippen LogP contribution >= 0.6 is 0 Å². The normalized spacial score (nSPS) is 28.7. The van der Waals surface area contributed by atoms with Crippen LogP contribution in [0.2, 0.25) is 0 Å². The summed E-state index contributed by atoms with van der Waals surface area (Å²) in [7, 11) is 0. The van der Waals surface area contributed by atoms with Crippen molar-refractivity contribution in [2.45, 2.75) is 44.6 Å². The number of halogens is 1. The third-order valence-electron chi connectivity index (χ3n) is 4.04. The number of aliphatic hydroxyl groups is 1. The molecule has 1 aromatic rings. The van der Waals surface area contributed by atoms with Gasteiger partial charge in [-0.05, 0) is 37.3 Å². The van der Waals surface area contributed by atoms with Crippen LogP contribution in [0.4, 0.5) is 10.1 Å². The summed E-state index contributed by atoms with van der Waals surface area (Å²) in [5.41, 5.74) is 0.147. The smallest absolute Gasteiger partial charge is 0.146 e. The number of hydrogen-bond donors (Lipinski definition) is 2. The van der Waals surface area contributed by atoms with Gasteiger partial charge >= 0.3 is 0 Å². The Balaban J connectivity index is 2.15. The van der Waals surface area contributed by atoms with Crippen LogP contribution in [0.1, 0.15) is 39.0 Å². The van der Waals surface area contributed by atoms with Crippen LogP contribution < -0.4 is 5.32 Å². The molecule has 0 saturated heterocycles. The van der Waals surface area contributed by atoms with Crippen molar-refractivity contribution in [1.29, 1.82) is 0 Å². The van der Waals surface area contributed by atoms with Crippen molar-refractivity contribution >= 4 is 5.69 Å². The highest BCUT2D eigenvalue weighted by Gasteiger charge is 2.32. The maximum atomic E-state index is 13.7. The van der Waals surface area contributed by atoms with Gasteiger partial charge in [0.2, 0.25) is 0 Å². The maximum Gasteiger partial charge on any atom is 0.146 e. The Morgan fingerprint density at radius 1 is 1.33 bits per heavy atom. The zero-order valence-corrected chi connectivity index (χ0v) is 11.0. The first-order chi connectivity index (χ1) is 8.65. The summed E-state index contributed by atoms with van der Waals surface area (Å²) in [5.74, 6) is 0.448. The Bertz CT molecular complexity index is 396. The van der Waals surface area contributed by atoms with Crippen LogP contribution in [0.25, 0.3) is 0 Å². The minimum atomic E-state index is -0.354. The molecule has 18 heavy (non-hydrogen) atoms. The lowest BCUT2D eigenvalue weighted by molar-refractivity contribution is 0.194. The first kappa shape index (κ1) is 13.3. The Morgan fingerprint density at radius 3 is 2.83 bits per heavy atom. The zero-order valence-electron chi connectivity index (χ0n) is 11.0. The van der Waals surface area contributed by atoms with Crippen LogP contribution in [0, 0.1) is 11.7 Å². The molecule has 1 saturated carbocycles. The van der Waals surface area contributed by atoms with Gasteiger partial charge in [-0.25, -0.2) is 4.39 Å². The van der Waals surface area contributed by atoms with Crippen LogP contribution in [0.15, 0.2) is 24.3 Å². The number of rotatable bonds is 3. The Kier molecular flexibility index (Phi) is 4.23. The number of benzene rings is 1. The summed E-state index contributed by atoms with van der Waals surface area (Å²) in [4.78, 5) is 0. The van der Waals surface area contributed by atoms with E-state index in [0.717, 1.165) is 25.7 Å². The lowest BCUT2D eigenvalue weighted by Gasteiger charge is -2.33. The lowest BCUT2D eigenvalue weighted by atomic mass is 9.90. The van der Waals surface area contributed by atoms with Gasteiger partial charge in [-0.15, -0.1) is 0 Å². The third kappa shape index (κ3) is 3.02. The van der Waals surface area contributed by atoms with E-state index in [4.69, 9.17) is 0 Å². The SMILES string of the molecule is CC1CCCC(CO)(Nc2ccccc2F)CC1. The van der Waals surface area contributed by atoms with Gasteiger partial charge in [0.1, 0.15) is 5.82 Å². The number of para-hydroxylation sites is 1. The van der Waals surface area contributed by atoms with Crippen molar-refractivity contribution in [2.24, 2.45) is 5.92 Å². The van der Waals surface area contributed by atoms with Crippen LogP contribution in [-0.2, 0) is 0 Å². The molecule has 2 atom stereocenters. The van der Waals surface area contributed by atoms with Crippen molar-refractivity contribution in [3.05, 3.63) is 30.1 Å². The molecule has 1 aliphatic rings. The van der Waals surface area contributed by atoms with E-state index in [1.54, 1.807) is 12.1 Å². The highest BCUT2D eigenvalue weighted by Crippen LogP contribution is 2.33. The van der Waals surface area contributed by atoms with E-state index in [-0.39, 0.29) is 18.0 Å². The molecule has 100 valence electrons. The number of aliphatic hydroxyl groups excluding tert-OH is 1. The van der Waals surface area contributed by atoms with E-state index in [0.29, 0.717) is 11.6 Å². The van der Waals surface area contributed by atoms with Crippen LogP contribution in [0.3, 0.4) is 0 Å². The summed E-state index contributed by atoms with van der Waals surface area (Å²) in [5, 5.41) is 13.0. The molecular formula is C15H22FNO. The van der Waals surface area contributed by atoms with Crippen molar-refractivity contribution in [3.8, 4) is 0 Å². The Hall–Kier alpha value is -1.09. The first-order valence-electron chi connectivity index (χ1n) is 6.79. The van der Waals surface area contributed by atoms with Crippen LogP contribution in [0.5, 0.6) is 0 Å². The number of hydrogen-bond acceptors (Lipinski definition) is 2. The molecule has 0 aromatic heterocycles. The largest absolute Gasteiger partial charge is 0.394 e. The van der Waals surface area contributed by atoms with Crippen molar-refractivity contribution < 1.29 is 9.50 Å². The molecule has 2 rings (SSSR count). The molecule has 0 amide bonds. The fourth-order valence-corrected chi connectivity index (χ4v) is 2.75. The average Bonchev–Trinajstić information content (AvgIpc) is 2.56. The molecule has 0 heterocycles. The maximum absolute atomic E-state index is 13.7. The molecule has 0 bridgehead atoms. The van der Waals surface area contributed by atoms with Gasteiger partial charge in [0, 0.05) is 0 Å². The Labute approximate surface area is 108 Å². The van der Waals surface area contributed by atoms with Gasteiger partial charge in [-0.3, -0.25) is 0 Å². The number of nitrogens with one attached hydrogen (secondary N) is 1. The predicted octanol–water partition coefficient (Wildman–Crippen LogP) is 3.57. The van der Waals surface area contributed by atoms with Gasteiger partial charge in [0.15, 0.2) is 0 Å². The molecule has 0 aliphatic heterocycles. The van der Waals surface area contributed by atoms with Gasteiger partial charge < -0.3 is 10.4 Å². The van der Waals surface area contributed by atoms with Crippen molar-refractivity contribution in [1.82, 2.24) is 0 Å². The summed E-state index contributed by atoms with van der Waals surface area (Å²) in [6.07, 6.45) is 5.17. The molecule has 2 unspecified atom stereocenters. The standard InChI is InChI=1S/C15H22FNO/c1-12-5-4-9-15(11-18,10-8-12)17-14-7-3-2-6-13(14)16/h2-3,6-7,12,17-18H,4-5,8-11H2,1H3. The molecule has 0 radical (unpaired) electrons. The van der Waals surface area contributed by atoms with Gasteiger partial charge in [0.05, 0.1) is 17.8 Å². The second-order valence-electron chi connectivity index (χ2n) is 5.58. The summed E-state index contributed by atoms with van der Waals surface area (Å²) in [6.45, 7) is 2.31. The van der Waals surface area contributed by atoms with E-state index >= 15 is 0 Å². The fraction of sp³-hybridized carbons (Fsp3) is 0.600. The number of anilines is 1. The Morgan fingerprint density at radius 2 is 2.11 bits per heavy atom. The molecule has 1 aliphatic carbocycles. The molecule has 1 aromatic carbocycles. The average molecular weight is 251 g/mol. The molecule has 3 heteroatoms. The second-order valence-corrected chi connectivity index (χ2v) is 5.58. The summed E-state index contributed by atoms with van der Waals surface area (Å²) >= 11 is 0. The van der Waals surface area contributed by atoms with Crippen molar-refractivity contribution in [3.63, 3.8) is 0 Å². The molecule has 2 N–H and O–H groups in total. The van der Waals surface area contributed by atoms with Gasteiger partial charge in [-0.1, -0.05) is 31.9 Å². The quantitative estimate of drug-likeness (QED) is 0.805. The summed E-state index contributed by atoms with van der Waals surface area (Å²) < 4.78 is 13.7. The lowest BCUT2D eigenvalue weighted by Crippen LogP contribution is -2.42. The highest BCUT2D eigenvalue weighted by atomic mass is 19.1. The fourth-order valence-electron chi connectivity index (χ4n) is 2.75. The zero-order chi connectivity index (χ0) is 13.0. The second kappa shape index (κ2) is 5.70. The first-order valence-corrected chi connectivity index (χ1v) is 6.79. The molecule has 1 fully saturated rings.